The monoisotopic (exact) mass is 364 g/mol. The molecular formula is C12H17BrN2O2S2. The van der Waals surface area contributed by atoms with E-state index in [0.717, 1.165) is 29.0 Å². The lowest BCUT2D eigenvalue weighted by molar-refractivity contribution is 0.579. The number of hydrogen-bond donors (Lipinski definition) is 0. The van der Waals surface area contributed by atoms with Gasteiger partial charge >= 0.3 is 0 Å². The van der Waals surface area contributed by atoms with Crippen molar-refractivity contribution >= 4 is 43.3 Å². The molecule has 0 N–H and O–H groups in total. The molecular weight excluding hydrogens is 348 g/mol. The van der Waals surface area contributed by atoms with Crippen molar-refractivity contribution in [2.75, 3.05) is 28.7 Å². The third kappa shape index (κ3) is 3.44. The molecule has 0 amide bonds. The van der Waals surface area contributed by atoms with Crippen LogP contribution in [0.1, 0.15) is 12.5 Å². The summed E-state index contributed by atoms with van der Waals surface area (Å²) in [6, 6.07) is 3.89. The molecule has 2 heterocycles. The van der Waals surface area contributed by atoms with Crippen molar-refractivity contribution in [2.45, 2.75) is 17.6 Å². The molecule has 0 saturated carbocycles. The van der Waals surface area contributed by atoms with Crippen LogP contribution in [0.4, 0.5) is 5.82 Å². The fraction of sp³-hybridized carbons (Fsp3) is 0.583. The van der Waals surface area contributed by atoms with Crippen LogP contribution in [0.5, 0.6) is 0 Å². The largest absolute Gasteiger partial charge is 0.338 e. The maximum atomic E-state index is 12.2. The first kappa shape index (κ1) is 15.1. The Morgan fingerprint density at radius 2 is 2.32 bits per heavy atom. The Labute approximate surface area is 127 Å². The van der Waals surface area contributed by atoms with E-state index in [9.17, 15) is 8.42 Å². The Balaban J connectivity index is 2.28. The van der Waals surface area contributed by atoms with E-state index in [2.05, 4.69) is 20.9 Å². The number of sulfone groups is 1. The van der Waals surface area contributed by atoms with Gasteiger partial charge in [0, 0.05) is 35.3 Å². The first-order valence-corrected chi connectivity index (χ1v) is 10.1. The van der Waals surface area contributed by atoms with Gasteiger partial charge in [0.25, 0.3) is 0 Å². The standard InChI is InChI=1S/C12H17BrN2O2S2/c1-2-19(16,17)12-9-18-6-5-15(12)11-4-3-10(7-13)8-14-11/h3-4,8,12H,2,5-7,9H2,1H3. The van der Waals surface area contributed by atoms with Crippen molar-refractivity contribution in [3.8, 4) is 0 Å². The normalized spacial score (nSPS) is 20.5. The Morgan fingerprint density at radius 3 is 2.89 bits per heavy atom. The van der Waals surface area contributed by atoms with Crippen LogP contribution in [0.3, 0.4) is 0 Å². The van der Waals surface area contributed by atoms with Gasteiger partial charge in [-0.2, -0.15) is 11.8 Å². The molecule has 1 fully saturated rings. The van der Waals surface area contributed by atoms with E-state index < -0.39 is 15.2 Å². The van der Waals surface area contributed by atoms with Gasteiger partial charge in [-0.15, -0.1) is 0 Å². The first-order chi connectivity index (χ1) is 9.08. The number of rotatable bonds is 4. The molecule has 4 nitrogen and oxygen atoms in total. The highest BCUT2D eigenvalue weighted by Crippen LogP contribution is 2.26. The molecule has 1 saturated heterocycles. The zero-order valence-electron chi connectivity index (χ0n) is 10.8. The Bertz CT molecular complexity index is 519. The number of hydrogen-bond acceptors (Lipinski definition) is 5. The molecule has 0 aromatic carbocycles. The molecule has 19 heavy (non-hydrogen) atoms. The van der Waals surface area contributed by atoms with Gasteiger partial charge in [0.2, 0.25) is 0 Å². The SMILES string of the molecule is CCS(=O)(=O)C1CSCCN1c1ccc(CBr)cn1. The zero-order chi connectivity index (χ0) is 13.9. The van der Waals surface area contributed by atoms with Gasteiger partial charge in [-0.1, -0.05) is 28.9 Å². The minimum Gasteiger partial charge on any atom is -0.338 e. The van der Waals surface area contributed by atoms with Crippen molar-refractivity contribution < 1.29 is 8.42 Å². The Hall–Kier alpha value is -0.270. The molecule has 0 bridgehead atoms. The molecule has 0 spiro atoms. The minimum atomic E-state index is -3.08. The second kappa shape index (κ2) is 6.45. The summed E-state index contributed by atoms with van der Waals surface area (Å²) in [7, 11) is -3.08. The highest BCUT2D eigenvalue weighted by molar-refractivity contribution is 9.08. The topological polar surface area (TPSA) is 50.3 Å². The van der Waals surface area contributed by atoms with Crippen molar-refractivity contribution in [3.63, 3.8) is 0 Å². The number of halogens is 1. The van der Waals surface area contributed by atoms with E-state index in [1.807, 2.05) is 17.0 Å². The summed E-state index contributed by atoms with van der Waals surface area (Å²) in [5.74, 6) is 2.50. The molecule has 1 unspecified atom stereocenters. The number of anilines is 1. The average Bonchev–Trinajstić information content (AvgIpc) is 2.47. The smallest absolute Gasteiger partial charge is 0.171 e. The number of thioether (sulfide) groups is 1. The maximum Gasteiger partial charge on any atom is 0.171 e. The molecule has 0 aliphatic carbocycles. The molecule has 7 heteroatoms. The van der Waals surface area contributed by atoms with Crippen LogP contribution >= 0.6 is 27.7 Å². The summed E-state index contributed by atoms with van der Waals surface area (Å²) < 4.78 is 24.3. The van der Waals surface area contributed by atoms with Gasteiger partial charge in [0.15, 0.2) is 9.84 Å². The van der Waals surface area contributed by atoms with Crippen LogP contribution < -0.4 is 4.90 Å². The van der Waals surface area contributed by atoms with Crippen molar-refractivity contribution in [1.29, 1.82) is 0 Å². The van der Waals surface area contributed by atoms with Gasteiger partial charge in [0.1, 0.15) is 11.2 Å². The van der Waals surface area contributed by atoms with E-state index in [1.165, 1.54) is 0 Å². The molecule has 1 aliphatic heterocycles. The third-order valence-electron chi connectivity index (χ3n) is 3.16. The van der Waals surface area contributed by atoms with Crippen molar-refractivity contribution in [2.24, 2.45) is 0 Å². The third-order valence-corrected chi connectivity index (χ3v) is 7.10. The van der Waals surface area contributed by atoms with Crippen molar-refractivity contribution in [3.05, 3.63) is 23.9 Å². The van der Waals surface area contributed by atoms with Crippen LogP contribution in [0.2, 0.25) is 0 Å². The lowest BCUT2D eigenvalue weighted by Crippen LogP contribution is -2.48. The van der Waals surface area contributed by atoms with E-state index in [0.29, 0.717) is 5.75 Å². The summed E-state index contributed by atoms with van der Waals surface area (Å²) in [5.41, 5.74) is 1.09. The summed E-state index contributed by atoms with van der Waals surface area (Å²) in [6.07, 6.45) is 1.79. The molecule has 1 aliphatic rings. The van der Waals surface area contributed by atoms with Crippen LogP contribution in [-0.2, 0) is 15.2 Å². The lowest BCUT2D eigenvalue weighted by Gasteiger charge is -2.35. The summed E-state index contributed by atoms with van der Waals surface area (Å²) in [6.45, 7) is 2.43. The Morgan fingerprint density at radius 1 is 1.53 bits per heavy atom. The fourth-order valence-corrected chi connectivity index (χ4v) is 5.31. The molecule has 1 aromatic rings. The second-order valence-corrected chi connectivity index (χ2v) is 8.49. The highest BCUT2D eigenvalue weighted by Gasteiger charge is 2.33. The molecule has 2 rings (SSSR count). The summed E-state index contributed by atoms with van der Waals surface area (Å²) in [5, 5.41) is 0.311. The molecule has 0 radical (unpaired) electrons. The van der Waals surface area contributed by atoms with Gasteiger partial charge in [-0.05, 0) is 11.6 Å². The Kier molecular flexibility index (Phi) is 5.14. The number of aromatic nitrogens is 1. The van der Waals surface area contributed by atoms with Crippen LogP contribution in [0, 0.1) is 0 Å². The van der Waals surface area contributed by atoms with E-state index in [-0.39, 0.29) is 5.75 Å². The fourth-order valence-electron chi connectivity index (χ4n) is 2.00. The van der Waals surface area contributed by atoms with Crippen LogP contribution in [0.15, 0.2) is 18.3 Å². The molecule has 1 aromatic heterocycles. The van der Waals surface area contributed by atoms with Gasteiger partial charge in [0.05, 0.1) is 0 Å². The quantitative estimate of drug-likeness (QED) is 0.767. The predicted molar refractivity (Wildman–Crippen MR) is 84.8 cm³/mol. The zero-order valence-corrected chi connectivity index (χ0v) is 14.0. The van der Waals surface area contributed by atoms with Crippen LogP contribution in [0.25, 0.3) is 0 Å². The predicted octanol–water partition coefficient (Wildman–Crippen LogP) is 2.29. The number of pyridine rings is 1. The van der Waals surface area contributed by atoms with Gasteiger partial charge in [-0.25, -0.2) is 13.4 Å². The average molecular weight is 365 g/mol. The maximum absolute atomic E-state index is 12.2. The minimum absolute atomic E-state index is 0.175. The first-order valence-electron chi connectivity index (χ1n) is 6.15. The lowest BCUT2D eigenvalue weighted by atomic mass is 10.3. The molecule has 106 valence electrons. The van der Waals surface area contributed by atoms with E-state index in [1.54, 1.807) is 24.9 Å². The van der Waals surface area contributed by atoms with Gasteiger partial charge in [-0.3, -0.25) is 0 Å². The highest BCUT2D eigenvalue weighted by atomic mass is 79.9. The van der Waals surface area contributed by atoms with E-state index >= 15 is 0 Å². The van der Waals surface area contributed by atoms with Gasteiger partial charge < -0.3 is 4.90 Å². The number of nitrogens with zero attached hydrogens (tertiary/aromatic N) is 2. The second-order valence-electron chi connectivity index (χ2n) is 4.33. The van der Waals surface area contributed by atoms with Crippen molar-refractivity contribution in [1.82, 2.24) is 4.98 Å². The summed E-state index contributed by atoms with van der Waals surface area (Å²) in [4.78, 5) is 6.32. The number of alkyl halides is 1. The summed E-state index contributed by atoms with van der Waals surface area (Å²) >= 11 is 5.08. The van der Waals surface area contributed by atoms with E-state index in [4.69, 9.17) is 0 Å². The van der Waals surface area contributed by atoms with Crippen LogP contribution in [-0.4, -0.2) is 42.6 Å². The molecule has 1 atom stereocenters.